The van der Waals surface area contributed by atoms with Crippen LogP contribution in [-0.4, -0.2) is 60.4 Å². The minimum Gasteiger partial charge on any atom is -0.339 e. The third-order valence-electron chi connectivity index (χ3n) is 3.66. The third-order valence-corrected chi connectivity index (χ3v) is 5.99. The Labute approximate surface area is 129 Å². The van der Waals surface area contributed by atoms with Gasteiger partial charge in [0.15, 0.2) is 0 Å². The Morgan fingerprint density at radius 3 is 2.52 bits per heavy atom. The van der Waals surface area contributed by atoms with Crippen molar-refractivity contribution in [2.45, 2.75) is 33.2 Å². The summed E-state index contributed by atoms with van der Waals surface area (Å²) in [5.41, 5.74) is 0.834. The first kappa shape index (κ1) is 16.4. The maximum atomic E-state index is 12.4. The van der Waals surface area contributed by atoms with Gasteiger partial charge in [0.2, 0.25) is 15.9 Å². The molecule has 1 aromatic rings. The molecule has 0 aromatic carbocycles. The Hall–Kier alpha value is -0.990. The molecular formula is C13H21N3O3S2. The zero-order valence-electron chi connectivity index (χ0n) is 12.8. The number of rotatable bonds is 3. The molecule has 0 unspecified atom stereocenters. The molecule has 2 heterocycles. The molecule has 6 nitrogen and oxygen atoms in total. The molecule has 1 fully saturated rings. The predicted octanol–water partition coefficient (Wildman–Crippen LogP) is 0.795. The Kier molecular flexibility index (Phi) is 4.69. The van der Waals surface area contributed by atoms with E-state index in [0.29, 0.717) is 26.1 Å². The fourth-order valence-corrected chi connectivity index (χ4v) is 4.62. The number of hydrogen-bond donors (Lipinski definition) is 0. The summed E-state index contributed by atoms with van der Waals surface area (Å²) in [6.45, 7) is 6.97. The maximum Gasteiger partial charge on any atom is 0.228 e. The highest BCUT2D eigenvalue weighted by Gasteiger charge is 2.31. The lowest BCUT2D eigenvalue weighted by atomic mass is 10.2. The van der Waals surface area contributed by atoms with E-state index in [1.165, 1.54) is 10.6 Å². The van der Waals surface area contributed by atoms with Crippen LogP contribution in [0.25, 0.3) is 0 Å². The molecule has 1 atom stereocenters. The van der Waals surface area contributed by atoms with E-state index in [9.17, 15) is 13.2 Å². The van der Waals surface area contributed by atoms with Crippen LogP contribution >= 0.6 is 11.3 Å². The van der Waals surface area contributed by atoms with Gasteiger partial charge in [-0.05, 0) is 20.8 Å². The number of carbonyl (C=O) groups excluding carboxylic acids is 1. The highest BCUT2D eigenvalue weighted by atomic mass is 32.2. The summed E-state index contributed by atoms with van der Waals surface area (Å²) in [7, 11) is -3.20. The van der Waals surface area contributed by atoms with Crippen molar-refractivity contribution in [1.29, 1.82) is 0 Å². The number of piperazine rings is 1. The average molecular weight is 331 g/mol. The standard InChI is InChI=1S/C13H21N3O3S2/c1-9-8-15(5-6-16(9)21(4,18)19)13(17)7-12-10(2)20-11(3)14-12/h9H,5-8H2,1-4H3/t9-/m0/s1. The predicted molar refractivity (Wildman–Crippen MR) is 82.9 cm³/mol. The van der Waals surface area contributed by atoms with Crippen molar-refractivity contribution >= 4 is 27.3 Å². The molecule has 1 aliphatic rings. The lowest BCUT2D eigenvalue weighted by Gasteiger charge is -2.38. The summed E-state index contributed by atoms with van der Waals surface area (Å²) in [5, 5.41) is 0.963. The maximum absolute atomic E-state index is 12.4. The van der Waals surface area contributed by atoms with Gasteiger partial charge in [0, 0.05) is 30.6 Å². The van der Waals surface area contributed by atoms with E-state index >= 15 is 0 Å². The van der Waals surface area contributed by atoms with Gasteiger partial charge in [-0.1, -0.05) is 0 Å². The van der Waals surface area contributed by atoms with Crippen LogP contribution < -0.4 is 0 Å². The van der Waals surface area contributed by atoms with E-state index in [1.807, 2.05) is 20.8 Å². The summed E-state index contributed by atoms with van der Waals surface area (Å²) < 4.78 is 24.7. The van der Waals surface area contributed by atoms with Crippen LogP contribution in [0.5, 0.6) is 0 Å². The Bertz CT molecular complexity index is 639. The molecule has 8 heteroatoms. The fraction of sp³-hybridized carbons (Fsp3) is 0.692. The largest absolute Gasteiger partial charge is 0.339 e. The van der Waals surface area contributed by atoms with Crippen LogP contribution in [0.15, 0.2) is 0 Å². The van der Waals surface area contributed by atoms with Crippen LogP contribution in [0, 0.1) is 13.8 Å². The van der Waals surface area contributed by atoms with Gasteiger partial charge < -0.3 is 4.90 Å². The second-order valence-corrected chi connectivity index (χ2v) is 8.82. The van der Waals surface area contributed by atoms with Crippen molar-refractivity contribution < 1.29 is 13.2 Å². The third kappa shape index (κ3) is 3.81. The van der Waals surface area contributed by atoms with E-state index in [-0.39, 0.29) is 11.9 Å². The van der Waals surface area contributed by atoms with E-state index in [1.54, 1.807) is 16.2 Å². The van der Waals surface area contributed by atoms with E-state index in [2.05, 4.69) is 4.98 Å². The van der Waals surface area contributed by atoms with E-state index in [0.717, 1.165) is 15.6 Å². The van der Waals surface area contributed by atoms with E-state index in [4.69, 9.17) is 0 Å². The van der Waals surface area contributed by atoms with Crippen molar-refractivity contribution in [1.82, 2.24) is 14.2 Å². The van der Waals surface area contributed by atoms with Gasteiger partial charge in [-0.25, -0.2) is 13.4 Å². The van der Waals surface area contributed by atoms with Gasteiger partial charge in [-0.2, -0.15) is 4.31 Å². The highest BCUT2D eigenvalue weighted by molar-refractivity contribution is 7.88. The lowest BCUT2D eigenvalue weighted by molar-refractivity contribution is -0.132. The average Bonchev–Trinajstić information content (AvgIpc) is 2.66. The summed E-state index contributed by atoms with van der Waals surface area (Å²) in [6.07, 6.45) is 1.50. The number of sulfonamides is 1. The first-order valence-corrected chi connectivity index (χ1v) is 9.52. The number of aromatic nitrogens is 1. The van der Waals surface area contributed by atoms with Crippen LogP contribution in [0.2, 0.25) is 0 Å². The molecule has 21 heavy (non-hydrogen) atoms. The van der Waals surface area contributed by atoms with Crippen molar-refractivity contribution in [3.8, 4) is 0 Å². The quantitative estimate of drug-likeness (QED) is 0.821. The van der Waals surface area contributed by atoms with Gasteiger partial charge in [-0.3, -0.25) is 4.79 Å². The molecule has 0 bridgehead atoms. The SMILES string of the molecule is Cc1nc(CC(=O)N2CCN(S(C)(=O)=O)[C@@H](C)C2)c(C)s1. The Morgan fingerprint density at radius 2 is 2.05 bits per heavy atom. The minimum atomic E-state index is -3.20. The molecule has 2 rings (SSSR count). The molecule has 1 saturated heterocycles. The molecule has 0 aliphatic carbocycles. The first-order chi connectivity index (χ1) is 9.68. The van der Waals surface area contributed by atoms with Gasteiger partial charge in [0.1, 0.15) is 0 Å². The highest BCUT2D eigenvalue weighted by Crippen LogP contribution is 2.19. The molecule has 0 spiro atoms. The summed E-state index contributed by atoms with van der Waals surface area (Å²) in [5.74, 6) is 0.0170. The van der Waals surface area contributed by atoms with Crippen molar-refractivity contribution in [3.05, 3.63) is 15.6 Å². The van der Waals surface area contributed by atoms with Crippen molar-refractivity contribution in [2.24, 2.45) is 0 Å². The summed E-state index contributed by atoms with van der Waals surface area (Å²) in [6, 6.07) is -0.184. The molecule has 0 radical (unpaired) electrons. The van der Waals surface area contributed by atoms with Crippen molar-refractivity contribution in [3.63, 3.8) is 0 Å². The Balaban J connectivity index is 2.01. The van der Waals surface area contributed by atoms with Gasteiger partial charge >= 0.3 is 0 Å². The second-order valence-electron chi connectivity index (χ2n) is 5.48. The molecule has 1 aromatic heterocycles. The molecular weight excluding hydrogens is 310 g/mol. The topological polar surface area (TPSA) is 70.6 Å². The molecule has 1 aliphatic heterocycles. The zero-order valence-corrected chi connectivity index (χ0v) is 14.4. The van der Waals surface area contributed by atoms with Crippen LogP contribution in [0.4, 0.5) is 0 Å². The van der Waals surface area contributed by atoms with Crippen LogP contribution in [0.3, 0.4) is 0 Å². The van der Waals surface area contributed by atoms with Crippen molar-refractivity contribution in [2.75, 3.05) is 25.9 Å². The van der Waals surface area contributed by atoms with Gasteiger partial charge in [0.05, 0.1) is 23.4 Å². The number of carbonyl (C=O) groups is 1. The number of hydrogen-bond acceptors (Lipinski definition) is 5. The minimum absolute atomic E-state index is 0.0170. The monoisotopic (exact) mass is 331 g/mol. The zero-order chi connectivity index (χ0) is 15.8. The molecule has 1 amide bonds. The molecule has 0 saturated carbocycles. The fourth-order valence-electron chi connectivity index (χ4n) is 2.65. The lowest BCUT2D eigenvalue weighted by Crippen LogP contribution is -2.55. The Morgan fingerprint density at radius 1 is 1.38 bits per heavy atom. The first-order valence-electron chi connectivity index (χ1n) is 6.86. The van der Waals surface area contributed by atoms with Crippen LogP contribution in [0.1, 0.15) is 22.5 Å². The van der Waals surface area contributed by atoms with Gasteiger partial charge in [-0.15, -0.1) is 11.3 Å². The molecule has 0 N–H and O–H groups in total. The summed E-state index contributed by atoms with van der Waals surface area (Å²) in [4.78, 5) is 19.5. The number of aryl methyl sites for hydroxylation is 2. The number of nitrogens with zero attached hydrogens (tertiary/aromatic N) is 3. The normalized spacial score (nSPS) is 20.8. The van der Waals surface area contributed by atoms with Crippen LogP contribution in [-0.2, 0) is 21.2 Å². The number of amides is 1. The number of thiazole rings is 1. The van der Waals surface area contributed by atoms with E-state index < -0.39 is 10.0 Å². The summed E-state index contributed by atoms with van der Waals surface area (Å²) >= 11 is 1.59. The second kappa shape index (κ2) is 6.02. The smallest absolute Gasteiger partial charge is 0.228 e. The van der Waals surface area contributed by atoms with Gasteiger partial charge in [0.25, 0.3) is 0 Å². The molecule has 118 valence electrons.